The van der Waals surface area contributed by atoms with Gasteiger partial charge in [0.25, 0.3) is 0 Å². The average Bonchev–Trinajstić information content (AvgIpc) is 2.68. The van der Waals surface area contributed by atoms with Gasteiger partial charge in [0, 0.05) is 17.8 Å². The third-order valence-electron chi connectivity index (χ3n) is 3.96. The first-order valence-electron chi connectivity index (χ1n) is 8.52. The summed E-state index contributed by atoms with van der Waals surface area (Å²) in [6, 6.07) is 20.7. The van der Waals surface area contributed by atoms with Gasteiger partial charge in [0.2, 0.25) is 5.91 Å². The maximum Gasteiger partial charge on any atom is 0.242 e. The van der Waals surface area contributed by atoms with E-state index in [1.165, 1.54) is 0 Å². The second-order valence-corrected chi connectivity index (χ2v) is 5.85. The first-order valence-corrected chi connectivity index (χ1v) is 8.52. The summed E-state index contributed by atoms with van der Waals surface area (Å²) >= 11 is 0. The second-order valence-electron chi connectivity index (χ2n) is 5.85. The highest BCUT2D eigenvalue weighted by Gasteiger charge is 2.12. The summed E-state index contributed by atoms with van der Waals surface area (Å²) in [4.78, 5) is 16.1. The standard InChI is InChI=1S/C21H21N3O2/c1-2-18(22)21(25)24-20-14-16(12-13-23-20)26-19-11-7-6-10-17(19)15-8-4-3-5-9-15/h3-14,18H,2,22H2,1H3,(H,23,24,25)/t18-/m1/s1. The third kappa shape index (κ3) is 4.26. The molecular formula is C21H21N3O2. The van der Waals surface area contributed by atoms with Crippen molar-refractivity contribution in [2.24, 2.45) is 5.73 Å². The van der Waals surface area contributed by atoms with Gasteiger partial charge in [-0.2, -0.15) is 0 Å². The van der Waals surface area contributed by atoms with Crippen LogP contribution in [0.15, 0.2) is 72.9 Å². The third-order valence-corrected chi connectivity index (χ3v) is 3.96. The first kappa shape index (κ1) is 17.6. The van der Waals surface area contributed by atoms with Gasteiger partial charge in [0.05, 0.1) is 6.04 Å². The fourth-order valence-electron chi connectivity index (χ4n) is 2.49. The highest BCUT2D eigenvalue weighted by atomic mass is 16.5. The van der Waals surface area contributed by atoms with Crippen LogP contribution in [0.25, 0.3) is 11.1 Å². The number of carbonyl (C=O) groups is 1. The van der Waals surface area contributed by atoms with Crippen LogP contribution in [-0.4, -0.2) is 16.9 Å². The predicted octanol–water partition coefficient (Wildman–Crippen LogP) is 4.22. The number of rotatable bonds is 6. The quantitative estimate of drug-likeness (QED) is 0.700. The number of amides is 1. The van der Waals surface area contributed by atoms with Gasteiger partial charge in [-0.25, -0.2) is 4.98 Å². The lowest BCUT2D eigenvalue weighted by Gasteiger charge is -2.13. The van der Waals surface area contributed by atoms with Crippen molar-refractivity contribution >= 4 is 11.7 Å². The fraction of sp³-hybridized carbons (Fsp3) is 0.143. The van der Waals surface area contributed by atoms with E-state index in [0.717, 1.165) is 16.9 Å². The van der Waals surface area contributed by atoms with Crippen LogP contribution in [0, 0.1) is 0 Å². The fourth-order valence-corrected chi connectivity index (χ4v) is 2.49. The van der Waals surface area contributed by atoms with Crippen molar-refractivity contribution in [3.05, 3.63) is 72.9 Å². The Hall–Kier alpha value is -3.18. The molecule has 0 radical (unpaired) electrons. The molecule has 0 unspecified atom stereocenters. The van der Waals surface area contributed by atoms with Gasteiger partial charge in [-0.15, -0.1) is 0 Å². The van der Waals surface area contributed by atoms with Crippen LogP contribution in [-0.2, 0) is 4.79 Å². The molecule has 0 spiro atoms. The number of hydrogen-bond donors (Lipinski definition) is 2. The maximum atomic E-state index is 11.9. The van der Waals surface area contributed by atoms with Gasteiger partial charge in [0.15, 0.2) is 0 Å². The van der Waals surface area contributed by atoms with Gasteiger partial charge in [-0.05, 0) is 24.1 Å². The number of carbonyl (C=O) groups excluding carboxylic acids is 1. The van der Waals surface area contributed by atoms with Crippen molar-refractivity contribution in [1.29, 1.82) is 0 Å². The number of aromatic nitrogens is 1. The van der Waals surface area contributed by atoms with Crippen molar-refractivity contribution in [3.8, 4) is 22.6 Å². The molecule has 1 amide bonds. The van der Waals surface area contributed by atoms with E-state index in [0.29, 0.717) is 18.0 Å². The molecule has 3 rings (SSSR count). The Morgan fingerprint density at radius 1 is 1.12 bits per heavy atom. The Kier molecular flexibility index (Phi) is 5.61. The van der Waals surface area contributed by atoms with Crippen LogP contribution in [0.3, 0.4) is 0 Å². The van der Waals surface area contributed by atoms with E-state index in [1.54, 1.807) is 18.3 Å². The number of nitrogens with zero attached hydrogens (tertiary/aromatic N) is 1. The van der Waals surface area contributed by atoms with Gasteiger partial charge in [-0.3, -0.25) is 4.79 Å². The molecule has 3 aromatic rings. The molecule has 0 saturated heterocycles. The normalized spacial score (nSPS) is 11.6. The second kappa shape index (κ2) is 8.27. The summed E-state index contributed by atoms with van der Waals surface area (Å²) in [5.41, 5.74) is 7.80. The number of nitrogens with two attached hydrogens (primary N) is 1. The molecule has 5 heteroatoms. The lowest BCUT2D eigenvalue weighted by molar-refractivity contribution is -0.117. The van der Waals surface area contributed by atoms with Crippen LogP contribution in [0.2, 0.25) is 0 Å². The summed E-state index contributed by atoms with van der Waals surface area (Å²) in [7, 11) is 0. The van der Waals surface area contributed by atoms with Crippen molar-refractivity contribution in [1.82, 2.24) is 4.98 Å². The molecule has 1 aromatic heterocycles. The Bertz CT molecular complexity index is 881. The zero-order valence-corrected chi connectivity index (χ0v) is 14.6. The van der Waals surface area contributed by atoms with Gasteiger partial charge >= 0.3 is 0 Å². The lowest BCUT2D eigenvalue weighted by Crippen LogP contribution is -2.35. The Balaban J connectivity index is 1.82. The summed E-state index contributed by atoms with van der Waals surface area (Å²) in [5.74, 6) is 1.46. The number of hydrogen-bond acceptors (Lipinski definition) is 4. The van der Waals surface area contributed by atoms with Gasteiger partial charge < -0.3 is 15.8 Å². The van der Waals surface area contributed by atoms with Crippen molar-refractivity contribution in [2.45, 2.75) is 19.4 Å². The molecule has 1 atom stereocenters. The number of ether oxygens (including phenoxy) is 1. The molecule has 3 N–H and O–H groups in total. The minimum absolute atomic E-state index is 0.262. The Morgan fingerprint density at radius 3 is 2.62 bits per heavy atom. The van der Waals surface area contributed by atoms with Crippen LogP contribution < -0.4 is 15.8 Å². The number of anilines is 1. The van der Waals surface area contributed by atoms with Crippen molar-refractivity contribution < 1.29 is 9.53 Å². The topological polar surface area (TPSA) is 77.2 Å². The lowest BCUT2D eigenvalue weighted by atomic mass is 10.1. The molecular weight excluding hydrogens is 326 g/mol. The molecule has 0 aliphatic rings. The molecule has 0 aliphatic carbocycles. The molecule has 0 bridgehead atoms. The minimum atomic E-state index is -0.555. The zero-order chi connectivity index (χ0) is 18.4. The highest BCUT2D eigenvalue weighted by molar-refractivity contribution is 5.93. The monoisotopic (exact) mass is 347 g/mol. The smallest absolute Gasteiger partial charge is 0.242 e. The molecule has 26 heavy (non-hydrogen) atoms. The van der Waals surface area contributed by atoms with Crippen LogP contribution in [0.5, 0.6) is 11.5 Å². The van der Waals surface area contributed by atoms with Crippen LogP contribution in [0.1, 0.15) is 13.3 Å². The molecule has 1 heterocycles. The largest absolute Gasteiger partial charge is 0.457 e. The summed E-state index contributed by atoms with van der Waals surface area (Å²) in [5, 5.41) is 2.71. The van der Waals surface area contributed by atoms with E-state index in [2.05, 4.69) is 10.3 Å². The predicted molar refractivity (Wildman–Crippen MR) is 103 cm³/mol. The Morgan fingerprint density at radius 2 is 1.85 bits per heavy atom. The Labute approximate surface area is 152 Å². The van der Waals surface area contributed by atoms with E-state index >= 15 is 0 Å². The van der Waals surface area contributed by atoms with Gasteiger partial charge in [-0.1, -0.05) is 55.5 Å². The highest BCUT2D eigenvalue weighted by Crippen LogP contribution is 2.33. The van der Waals surface area contributed by atoms with Crippen molar-refractivity contribution in [2.75, 3.05) is 5.32 Å². The molecule has 2 aromatic carbocycles. The average molecular weight is 347 g/mol. The SMILES string of the molecule is CC[C@@H](N)C(=O)Nc1cc(Oc2ccccc2-c2ccccc2)ccn1. The zero-order valence-electron chi connectivity index (χ0n) is 14.6. The number of pyridine rings is 1. The van der Waals surface area contributed by atoms with E-state index in [-0.39, 0.29) is 5.91 Å². The minimum Gasteiger partial charge on any atom is -0.457 e. The summed E-state index contributed by atoms with van der Waals surface area (Å²) < 4.78 is 6.05. The van der Waals surface area contributed by atoms with E-state index < -0.39 is 6.04 Å². The molecule has 0 saturated carbocycles. The number of nitrogens with one attached hydrogen (secondary N) is 1. The number of benzene rings is 2. The van der Waals surface area contributed by atoms with Crippen LogP contribution >= 0.6 is 0 Å². The summed E-state index contributed by atoms with van der Waals surface area (Å²) in [6.07, 6.45) is 2.15. The molecule has 0 aliphatic heterocycles. The van der Waals surface area contributed by atoms with Crippen molar-refractivity contribution in [3.63, 3.8) is 0 Å². The molecule has 0 fully saturated rings. The maximum absolute atomic E-state index is 11.9. The van der Waals surface area contributed by atoms with Gasteiger partial charge in [0.1, 0.15) is 17.3 Å². The summed E-state index contributed by atoms with van der Waals surface area (Å²) in [6.45, 7) is 1.86. The van der Waals surface area contributed by atoms with E-state index in [9.17, 15) is 4.79 Å². The van der Waals surface area contributed by atoms with Crippen LogP contribution in [0.4, 0.5) is 5.82 Å². The first-order chi connectivity index (χ1) is 12.7. The number of para-hydroxylation sites is 1. The molecule has 132 valence electrons. The van der Waals surface area contributed by atoms with E-state index in [1.807, 2.05) is 61.5 Å². The molecule has 5 nitrogen and oxygen atoms in total. The van der Waals surface area contributed by atoms with E-state index in [4.69, 9.17) is 10.5 Å².